The fraction of sp³-hybridized carbons (Fsp3) is 0.545. The Balaban J connectivity index is 3.05. The minimum absolute atomic E-state index is 0.0473. The van der Waals surface area contributed by atoms with Gasteiger partial charge in [-0.15, -0.1) is 0 Å². The first kappa shape index (κ1) is 14.8. The molecule has 0 aliphatic heterocycles. The number of hydrogen-bond donors (Lipinski definition) is 1. The molecule has 0 radical (unpaired) electrons. The Morgan fingerprint density at radius 1 is 1.56 bits per heavy atom. The van der Waals surface area contributed by atoms with Gasteiger partial charge >= 0.3 is 5.69 Å². The van der Waals surface area contributed by atoms with Gasteiger partial charge in [-0.05, 0) is 22.4 Å². The second-order valence-electron chi connectivity index (χ2n) is 3.82. The molecule has 0 amide bonds. The smallest absolute Gasteiger partial charge is 0.312 e. The zero-order valence-electron chi connectivity index (χ0n) is 10.2. The number of nitrogens with zero attached hydrogens (tertiary/aromatic N) is 3. The summed E-state index contributed by atoms with van der Waals surface area (Å²) in [6, 6.07) is 1.43. The summed E-state index contributed by atoms with van der Waals surface area (Å²) in [4.78, 5) is 16.4. The van der Waals surface area contributed by atoms with E-state index in [4.69, 9.17) is 5.11 Å². The standard InChI is InChI=1S/C11H16BrN3O3/c1-2-3-4-14(5-6-16)11-10(15(17)18)7-9(12)8-13-11/h7-8,16H,2-6H2,1H3. The molecular formula is C11H16BrN3O3. The van der Waals surface area contributed by atoms with Crippen molar-refractivity contribution in [3.63, 3.8) is 0 Å². The van der Waals surface area contributed by atoms with Gasteiger partial charge in [0, 0.05) is 29.8 Å². The van der Waals surface area contributed by atoms with Crippen LogP contribution >= 0.6 is 15.9 Å². The number of pyridine rings is 1. The monoisotopic (exact) mass is 317 g/mol. The van der Waals surface area contributed by atoms with Crippen LogP contribution in [0.2, 0.25) is 0 Å². The molecule has 0 saturated heterocycles. The highest BCUT2D eigenvalue weighted by molar-refractivity contribution is 9.10. The normalized spacial score (nSPS) is 10.4. The van der Waals surface area contributed by atoms with Gasteiger partial charge in [0.25, 0.3) is 0 Å². The lowest BCUT2D eigenvalue weighted by molar-refractivity contribution is -0.384. The summed E-state index contributed by atoms with van der Waals surface area (Å²) in [5.74, 6) is 0.311. The average Bonchev–Trinajstić information content (AvgIpc) is 2.34. The van der Waals surface area contributed by atoms with E-state index in [9.17, 15) is 10.1 Å². The van der Waals surface area contributed by atoms with Crippen molar-refractivity contribution in [3.8, 4) is 0 Å². The molecule has 0 atom stereocenters. The van der Waals surface area contributed by atoms with Crippen molar-refractivity contribution in [1.29, 1.82) is 0 Å². The number of rotatable bonds is 7. The first-order valence-corrected chi connectivity index (χ1v) is 6.55. The van der Waals surface area contributed by atoms with Gasteiger partial charge in [-0.1, -0.05) is 13.3 Å². The van der Waals surface area contributed by atoms with E-state index < -0.39 is 4.92 Å². The molecule has 1 heterocycles. The summed E-state index contributed by atoms with van der Waals surface area (Å²) in [6.07, 6.45) is 3.40. The highest BCUT2D eigenvalue weighted by Gasteiger charge is 2.21. The van der Waals surface area contributed by atoms with Crippen molar-refractivity contribution >= 4 is 27.4 Å². The van der Waals surface area contributed by atoms with Crippen LogP contribution in [0.1, 0.15) is 19.8 Å². The Hall–Kier alpha value is -1.21. The molecule has 0 unspecified atom stereocenters. The van der Waals surface area contributed by atoms with Gasteiger partial charge in [-0.25, -0.2) is 4.98 Å². The second-order valence-corrected chi connectivity index (χ2v) is 4.73. The number of halogens is 1. The van der Waals surface area contributed by atoms with Crippen molar-refractivity contribution in [2.24, 2.45) is 0 Å². The predicted octanol–water partition coefficient (Wildman–Crippen LogP) is 2.35. The number of unbranched alkanes of at least 4 members (excludes halogenated alkanes) is 1. The third-order valence-electron chi connectivity index (χ3n) is 2.46. The summed E-state index contributed by atoms with van der Waals surface area (Å²) in [7, 11) is 0. The van der Waals surface area contributed by atoms with Gasteiger partial charge in [-0.3, -0.25) is 10.1 Å². The topological polar surface area (TPSA) is 79.5 Å². The van der Waals surface area contributed by atoms with Crippen LogP contribution < -0.4 is 4.90 Å². The van der Waals surface area contributed by atoms with Crippen molar-refractivity contribution in [3.05, 3.63) is 26.9 Å². The molecule has 0 aliphatic rings. The lowest BCUT2D eigenvalue weighted by atomic mass is 10.3. The van der Waals surface area contributed by atoms with Crippen molar-refractivity contribution in [1.82, 2.24) is 4.98 Å². The molecule has 0 aliphatic carbocycles. The first-order chi connectivity index (χ1) is 8.60. The molecular weight excluding hydrogens is 302 g/mol. The summed E-state index contributed by atoms with van der Waals surface area (Å²) >= 11 is 3.17. The summed E-state index contributed by atoms with van der Waals surface area (Å²) < 4.78 is 0.567. The van der Waals surface area contributed by atoms with Crippen LogP contribution in [-0.2, 0) is 0 Å². The number of hydrogen-bond acceptors (Lipinski definition) is 5. The van der Waals surface area contributed by atoms with Crippen molar-refractivity contribution < 1.29 is 10.0 Å². The SMILES string of the molecule is CCCCN(CCO)c1ncc(Br)cc1[N+](=O)[O-]. The Morgan fingerprint density at radius 3 is 2.83 bits per heavy atom. The number of aromatic nitrogens is 1. The van der Waals surface area contributed by atoms with E-state index in [-0.39, 0.29) is 12.3 Å². The maximum atomic E-state index is 11.0. The zero-order chi connectivity index (χ0) is 13.5. The van der Waals surface area contributed by atoms with E-state index in [0.717, 1.165) is 12.8 Å². The van der Waals surface area contributed by atoms with Crippen LogP contribution in [0.15, 0.2) is 16.7 Å². The molecule has 0 saturated carbocycles. The third-order valence-corrected chi connectivity index (χ3v) is 2.90. The number of anilines is 1. The molecule has 100 valence electrons. The lowest BCUT2D eigenvalue weighted by Crippen LogP contribution is -2.29. The molecule has 0 aromatic carbocycles. The van der Waals surface area contributed by atoms with E-state index >= 15 is 0 Å². The summed E-state index contributed by atoms with van der Waals surface area (Å²) in [5.41, 5.74) is -0.0473. The van der Waals surface area contributed by atoms with Gasteiger partial charge in [-0.2, -0.15) is 0 Å². The van der Waals surface area contributed by atoms with Crippen LogP contribution in [-0.4, -0.2) is 34.7 Å². The van der Waals surface area contributed by atoms with Gasteiger partial charge in [0.2, 0.25) is 5.82 Å². The Kier molecular flexibility index (Phi) is 6.00. The van der Waals surface area contributed by atoms with Gasteiger partial charge < -0.3 is 10.0 Å². The second kappa shape index (κ2) is 7.27. The van der Waals surface area contributed by atoms with Crippen LogP contribution in [0.3, 0.4) is 0 Å². The summed E-state index contributed by atoms with van der Waals surface area (Å²) in [6.45, 7) is 2.97. The van der Waals surface area contributed by atoms with Crippen LogP contribution in [0, 0.1) is 10.1 Å². The van der Waals surface area contributed by atoms with Gasteiger partial charge in [0.15, 0.2) is 0 Å². The molecule has 0 bridgehead atoms. The molecule has 7 heteroatoms. The minimum atomic E-state index is -0.455. The lowest BCUT2D eigenvalue weighted by Gasteiger charge is -2.22. The molecule has 1 N–H and O–H groups in total. The maximum Gasteiger partial charge on any atom is 0.312 e. The van der Waals surface area contributed by atoms with Crippen molar-refractivity contribution in [2.75, 3.05) is 24.6 Å². The van der Waals surface area contributed by atoms with Gasteiger partial charge in [0.05, 0.1) is 11.5 Å². The fourth-order valence-corrected chi connectivity index (χ4v) is 1.91. The number of aliphatic hydroxyl groups excluding tert-OH is 1. The fourth-order valence-electron chi connectivity index (χ4n) is 1.59. The predicted molar refractivity (Wildman–Crippen MR) is 72.8 cm³/mol. The first-order valence-electron chi connectivity index (χ1n) is 5.75. The number of nitro groups is 1. The largest absolute Gasteiger partial charge is 0.395 e. The number of aliphatic hydroxyl groups is 1. The van der Waals surface area contributed by atoms with E-state index in [2.05, 4.69) is 20.9 Å². The van der Waals surface area contributed by atoms with E-state index in [1.165, 1.54) is 12.3 Å². The van der Waals surface area contributed by atoms with Gasteiger partial charge in [0.1, 0.15) is 0 Å². The Bertz CT molecular complexity index is 415. The third kappa shape index (κ3) is 3.92. The van der Waals surface area contributed by atoms with Crippen LogP contribution in [0.25, 0.3) is 0 Å². The Morgan fingerprint density at radius 2 is 2.28 bits per heavy atom. The van der Waals surface area contributed by atoms with Crippen molar-refractivity contribution in [2.45, 2.75) is 19.8 Å². The molecule has 1 rings (SSSR count). The molecule has 0 fully saturated rings. The molecule has 1 aromatic heterocycles. The quantitative estimate of drug-likeness (QED) is 0.616. The maximum absolute atomic E-state index is 11.0. The van der Waals surface area contributed by atoms with Crippen LogP contribution in [0.4, 0.5) is 11.5 Å². The van der Waals surface area contributed by atoms with E-state index in [0.29, 0.717) is 23.4 Å². The van der Waals surface area contributed by atoms with E-state index in [1.54, 1.807) is 4.90 Å². The van der Waals surface area contributed by atoms with Crippen LogP contribution in [0.5, 0.6) is 0 Å². The minimum Gasteiger partial charge on any atom is -0.395 e. The zero-order valence-corrected chi connectivity index (χ0v) is 11.8. The molecule has 6 nitrogen and oxygen atoms in total. The highest BCUT2D eigenvalue weighted by atomic mass is 79.9. The highest BCUT2D eigenvalue weighted by Crippen LogP contribution is 2.28. The average molecular weight is 318 g/mol. The summed E-state index contributed by atoms with van der Waals surface area (Å²) in [5, 5.41) is 20.0. The molecule has 18 heavy (non-hydrogen) atoms. The molecule has 1 aromatic rings. The van der Waals surface area contributed by atoms with E-state index in [1.807, 2.05) is 6.92 Å². The Labute approximate surface area is 114 Å². The molecule has 0 spiro atoms.